The second-order valence-corrected chi connectivity index (χ2v) is 11.2. The van der Waals surface area contributed by atoms with Crippen molar-refractivity contribution >= 4 is 26.9 Å². The van der Waals surface area contributed by atoms with Gasteiger partial charge >= 0.3 is 0 Å². The van der Waals surface area contributed by atoms with Crippen molar-refractivity contribution in [3.63, 3.8) is 0 Å². The van der Waals surface area contributed by atoms with Gasteiger partial charge in [-0.15, -0.1) is 0 Å². The summed E-state index contributed by atoms with van der Waals surface area (Å²) in [4.78, 5) is 9.41. The minimum atomic E-state index is -3.18. The number of anilines is 1. The largest absolute Gasteiger partial charge is 0.351 e. The zero-order valence-electron chi connectivity index (χ0n) is 17.4. The van der Waals surface area contributed by atoms with Crippen LogP contribution in [0.5, 0.6) is 0 Å². The number of nitrogens with one attached hydrogen (secondary N) is 2. The summed E-state index contributed by atoms with van der Waals surface area (Å²) in [6.07, 6.45) is 3.40. The summed E-state index contributed by atoms with van der Waals surface area (Å²) in [6.45, 7) is 1.03. The molecule has 31 heavy (non-hydrogen) atoms. The van der Waals surface area contributed by atoms with E-state index in [0.29, 0.717) is 51.3 Å². The molecule has 1 saturated carbocycles. The summed E-state index contributed by atoms with van der Waals surface area (Å²) >= 11 is 0. The van der Waals surface area contributed by atoms with E-state index in [1.54, 1.807) is 0 Å². The van der Waals surface area contributed by atoms with E-state index in [-0.39, 0.29) is 18.5 Å². The normalized spacial score (nSPS) is 29.3. The van der Waals surface area contributed by atoms with Crippen LogP contribution in [-0.4, -0.2) is 67.1 Å². The molecule has 5 rings (SSSR count). The lowest BCUT2D eigenvalue weighted by Crippen LogP contribution is -2.49. The number of hydrogen-bond acceptors (Lipinski definition) is 6. The Kier molecular flexibility index (Phi) is 4.95. The van der Waals surface area contributed by atoms with E-state index in [4.69, 9.17) is 4.98 Å². The van der Waals surface area contributed by atoms with E-state index in [1.807, 2.05) is 24.3 Å². The highest BCUT2D eigenvalue weighted by Crippen LogP contribution is 2.60. The van der Waals surface area contributed by atoms with Gasteiger partial charge in [-0.2, -0.15) is 0 Å². The van der Waals surface area contributed by atoms with Crippen molar-refractivity contribution in [2.45, 2.75) is 43.6 Å². The smallest absolute Gasteiger partial charge is 0.267 e. The van der Waals surface area contributed by atoms with Crippen LogP contribution in [0.15, 0.2) is 24.3 Å². The van der Waals surface area contributed by atoms with Crippen LogP contribution in [0.3, 0.4) is 0 Å². The zero-order chi connectivity index (χ0) is 21.9. The summed E-state index contributed by atoms with van der Waals surface area (Å²) in [5, 5.41) is 7.12. The van der Waals surface area contributed by atoms with Crippen LogP contribution in [0.4, 0.5) is 14.7 Å². The van der Waals surface area contributed by atoms with Crippen LogP contribution in [-0.2, 0) is 10.0 Å². The minimum Gasteiger partial charge on any atom is -0.351 e. The highest BCUT2D eigenvalue weighted by Gasteiger charge is 2.63. The van der Waals surface area contributed by atoms with Crippen molar-refractivity contribution < 1.29 is 17.2 Å². The fourth-order valence-corrected chi connectivity index (χ4v) is 6.16. The Balaban J connectivity index is 1.37. The average molecular weight is 452 g/mol. The lowest BCUT2D eigenvalue weighted by atomic mass is 9.58. The summed E-state index contributed by atoms with van der Waals surface area (Å²) in [6, 6.07) is 7.77. The van der Waals surface area contributed by atoms with Gasteiger partial charge in [0.2, 0.25) is 16.0 Å². The Bertz CT molecular complexity index is 1100. The van der Waals surface area contributed by atoms with Gasteiger partial charge in [-0.25, -0.2) is 31.5 Å². The molecule has 2 aliphatic heterocycles. The fourth-order valence-electron chi connectivity index (χ4n) is 5.29. The number of benzene rings is 1. The molecule has 3 aliphatic rings. The molecular formula is C21H27F2N5O2S. The first-order chi connectivity index (χ1) is 14.7. The van der Waals surface area contributed by atoms with Crippen LogP contribution in [0.2, 0.25) is 0 Å². The number of fused-ring (bicyclic) bond motifs is 1. The van der Waals surface area contributed by atoms with E-state index in [9.17, 15) is 17.2 Å². The van der Waals surface area contributed by atoms with Crippen molar-refractivity contribution in [3.8, 4) is 0 Å². The Labute approximate surface area is 180 Å². The number of rotatable bonds is 4. The number of piperidine rings is 1. The van der Waals surface area contributed by atoms with Gasteiger partial charge in [0.1, 0.15) is 0 Å². The molecule has 2 N–H and O–H groups in total. The van der Waals surface area contributed by atoms with Gasteiger partial charge in [0.15, 0.2) is 0 Å². The van der Waals surface area contributed by atoms with E-state index in [2.05, 4.69) is 15.6 Å². The third kappa shape index (κ3) is 3.68. The number of nitrogens with zero attached hydrogens (tertiary/aromatic N) is 3. The van der Waals surface area contributed by atoms with Gasteiger partial charge in [-0.1, -0.05) is 18.2 Å². The zero-order valence-corrected chi connectivity index (χ0v) is 18.3. The molecule has 168 valence electrons. The van der Waals surface area contributed by atoms with Crippen molar-refractivity contribution in [1.29, 1.82) is 0 Å². The molecule has 0 radical (unpaired) electrons. The third-order valence-corrected chi connectivity index (χ3v) is 8.44. The van der Waals surface area contributed by atoms with Gasteiger partial charge in [-0.05, 0) is 31.7 Å². The Morgan fingerprint density at radius 3 is 2.48 bits per heavy atom. The lowest BCUT2D eigenvalue weighted by Gasteiger charge is -2.47. The molecule has 1 spiro atoms. The molecule has 2 saturated heterocycles. The van der Waals surface area contributed by atoms with Crippen LogP contribution in [0.25, 0.3) is 10.9 Å². The lowest BCUT2D eigenvalue weighted by molar-refractivity contribution is -0.131. The van der Waals surface area contributed by atoms with Gasteiger partial charge in [0.05, 0.1) is 24.0 Å². The Hall–Kier alpha value is -1.91. The van der Waals surface area contributed by atoms with Crippen LogP contribution >= 0.6 is 0 Å². The molecule has 0 atom stereocenters. The van der Waals surface area contributed by atoms with E-state index >= 15 is 0 Å². The van der Waals surface area contributed by atoms with Crippen LogP contribution in [0, 0.1) is 5.41 Å². The molecule has 0 unspecified atom stereocenters. The van der Waals surface area contributed by atoms with Gasteiger partial charge in [0.25, 0.3) is 5.92 Å². The highest BCUT2D eigenvalue weighted by molar-refractivity contribution is 7.88. The average Bonchev–Trinajstić information content (AvgIpc) is 3.01. The molecule has 7 nitrogen and oxygen atoms in total. The standard InChI is InChI=1S/C21H27F2N5O2S/c1-31(29,30)28-8-6-15(7-9-28)25-19-26-17-5-3-2-4-16(17)18(27-19)14-10-20(11-14)12-24-13-21(20,22)23/h2-5,14-15,24H,6-13H2,1H3,(H,25,26,27). The highest BCUT2D eigenvalue weighted by atomic mass is 32.2. The Morgan fingerprint density at radius 2 is 1.84 bits per heavy atom. The first-order valence-electron chi connectivity index (χ1n) is 10.7. The summed E-state index contributed by atoms with van der Waals surface area (Å²) < 4.78 is 53.7. The SMILES string of the molecule is CS(=O)(=O)N1CCC(Nc2nc(C3CC4(CNCC4(F)F)C3)c3ccccc3n2)CC1. The molecule has 2 aromatic rings. The fraction of sp³-hybridized carbons (Fsp3) is 0.619. The van der Waals surface area contributed by atoms with Gasteiger partial charge < -0.3 is 10.6 Å². The summed E-state index contributed by atoms with van der Waals surface area (Å²) in [7, 11) is -3.18. The number of sulfonamides is 1. The third-order valence-electron chi connectivity index (χ3n) is 7.14. The van der Waals surface area contributed by atoms with Crippen LogP contribution in [0.1, 0.15) is 37.3 Å². The maximum Gasteiger partial charge on any atom is 0.267 e. The van der Waals surface area contributed by atoms with Crippen LogP contribution < -0.4 is 10.6 Å². The number of aromatic nitrogens is 2. The van der Waals surface area contributed by atoms with Crippen molar-refractivity contribution in [2.24, 2.45) is 5.41 Å². The Morgan fingerprint density at radius 1 is 1.13 bits per heavy atom. The quantitative estimate of drug-likeness (QED) is 0.743. The molecule has 0 bridgehead atoms. The molecule has 10 heteroatoms. The molecule has 0 amide bonds. The predicted molar refractivity (Wildman–Crippen MR) is 115 cm³/mol. The van der Waals surface area contributed by atoms with Crippen molar-refractivity contribution in [1.82, 2.24) is 19.6 Å². The number of halogens is 2. The van der Waals surface area contributed by atoms with Crippen molar-refractivity contribution in [2.75, 3.05) is 37.8 Å². The molecule has 1 aromatic carbocycles. The van der Waals surface area contributed by atoms with Gasteiger partial charge in [0, 0.05) is 42.4 Å². The van der Waals surface area contributed by atoms with E-state index < -0.39 is 21.4 Å². The number of hydrogen-bond donors (Lipinski definition) is 2. The molecule has 3 fully saturated rings. The molecular weight excluding hydrogens is 424 g/mol. The maximum absolute atomic E-state index is 14.4. The summed E-state index contributed by atoms with van der Waals surface area (Å²) in [5.41, 5.74) is 0.659. The topological polar surface area (TPSA) is 87.2 Å². The van der Waals surface area contributed by atoms with Gasteiger partial charge in [-0.3, -0.25) is 0 Å². The number of para-hydroxylation sites is 1. The second-order valence-electron chi connectivity index (χ2n) is 9.22. The maximum atomic E-state index is 14.4. The first-order valence-corrected chi connectivity index (χ1v) is 12.6. The summed E-state index contributed by atoms with van der Waals surface area (Å²) in [5.74, 6) is -2.21. The minimum absolute atomic E-state index is 0.0219. The predicted octanol–water partition coefficient (Wildman–Crippen LogP) is 2.57. The monoisotopic (exact) mass is 451 g/mol. The van der Waals surface area contributed by atoms with E-state index in [1.165, 1.54) is 10.6 Å². The number of alkyl halides is 2. The molecule has 1 aliphatic carbocycles. The van der Waals surface area contributed by atoms with E-state index in [0.717, 1.165) is 16.6 Å². The second kappa shape index (κ2) is 7.31. The molecule has 1 aromatic heterocycles. The van der Waals surface area contributed by atoms with Crippen molar-refractivity contribution in [3.05, 3.63) is 30.0 Å². The molecule has 3 heterocycles. The first kappa shape index (κ1) is 21.0.